The topological polar surface area (TPSA) is 119 Å². The van der Waals surface area contributed by atoms with Crippen LogP contribution in [0.15, 0.2) is 59.8 Å². The van der Waals surface area contributed by atoms with E-state index in [1.165, 1.54) is 27.4 Å². The van der Waals surface area contributed by atoms with Crippen LogP contribution in [-0.2, 0) is 14.8 Å². The van der Waals surface area contributed by atoms with E-state index in [1.807, 2.05) is 6.92 Å². The number of nitrogens with zero attached hydrogens (tertiary/aromatic N) is 5. The Morgan fingerprint density at radius 3 is 2.56 bits per heavy atom. The third-order valence-electron chi connectivity index (χ3n) is 5.28. The van der Waals surface area contributed by atoms with Gasteiger partial charge in [-0.15, -0.1) is 5.10 Å². The van der Waals surface area contributed by atoms with E-state index in [2.05, 4.69) is 20.8 Å². The number of carbonyl (C=O) groups excluding carboxylic acids is 1. The maximum Gasteiger partial charge on any atom is 0.243 e. The monoisotopic (exact) mass is 456 g/mol. The smallest absolute Gasteiger partial charge is 0.243 e. The number of anilines is 1. The predicted molar refractivity (Wildman–Crippen MR) is 117 cm³/mol. The zero-order valence-corrected chi connectivity index (χ0v) is 18.4. The lowest BCUT2D eigenvalue weighted by Gasteiger charge is -2.31. The Bertz CT molecular complexity index is 1150. The summed E-state index contributed by atoms with van der Waals surface area (Å²) >= 11 is 0. The lowest BCUT2D eigenvalue weighted by molar-refractivity contribution is -0.120. The van der Waals surface area contributed by atoms with Gasteiger partial charge >= 0.3 is 0 Å². The number of carbonyl (C=O) groups is 1. The zero-order chi connectivity index (χ0) is 22.6. The second kappa shape index (κ2) is 9.45. The number of sulfonamides is 1. The molecule has 3 aromatic rings. The molecule has 1 saturated heterocycles. The molecule has 2 aromatic carbocycles. The average Bonchev–Trinajstić information content (AvgIpc) is 3.36. The van der Waals surface area contributed by atoms with Crippen molar-refractivity contribution in [3.05, 3.63) is 54.9 Å². The van der Waals surface area contributed by atoms with Gasteiger partial charge in [0.2, 0.25) is 15.9 Å². The summed E-state index contributed by atoms with van der Waals surface area (Å²) in [6, 6.07) is 13.4. The van der Waals surface area contributed by atoms with Crippen LogP contribution in [0.1, 0.15) is 19.8 Å². The molecule has 0 aliphatic carbocycles. The Balaban J connectivity index is 1.42. The van der Waals surface area contributed by atoms with E-state index in [0.29, 0.717) is 37.4 Å². The van der Waals surface area contributed by atoms with Gasteiger partial charge in [0.15, 0.2) is 0 Å². The molecule has 1 aliphatic heterocycles. The highest BCUT2D eigenvalue weighted by atomic mass is 32.2. The van der Waals surface area contributed by atoms with E-state index in [9.17, 15) is 13.2 Å². The van der Waals surface area contributed by atoms with Gasteiger partial charge in [0.1, 0.15) is 12.1 Å². The number of hydrogen-bond acceptors (Lipinski definition) is 7. The first-order chi connectivity index (χ1) is 15.5. The highest BCUT2D eigenvalue weighted by Crippen LogP contribution is 2.26. The molecule has 0 bridgehead atoms. The van der Waals surface area contributed by atoms with E-state index >= 15 is 0 Å². The summed E-state index contributed by atoms with van der Waals surface area (Å²) in [5.74, 6) is 0.111. The average molecular weight is 457 g/mol. The Kier molecular flexibility index (Phi) is 6.47. The first-order valence-corrected chi connectivity index (χ1v) is 11.8. The Morgan fingerprint density at radius 1 is 1.16 bits per heavy atom. The van der Waals surface area contributed by atoms with Crippen LogP contribution in [0.2, 0.25) is 0 Å². The number of amides is 1. The van der Waals surface area contributed by atoms with Crippen LogP contribution in [0, 0.1) is 5.92 Å². The number of nitrogens with one attached hydrogen (secondary N) is 1. The minimum Gasteiger partial charge on any atom is -0.494 e. The maximum absolute atomic E-state index is 13.1. The Labute approximate surface area is 186 Å². The summed E-state index contributed by atoms with van der Waals surface area (Å²) in [5.41, 5.74) is 1.30. The molecule has 0 unspecified atom stereocenters. The summed E-state index contributed by atoms with van der Waals surface area (Å²) in [6.45, 7) is 2.99. The number of ether oxygens (including phenoxy) is 1. The quantitative estimate of drug-likeness (QED) is 0.578. The van der Waals surface area contributed by atoms with Crippen molar-refractivity contribution in [3.8, 4) is 11.4 Å². The van der Waals surface area contributed by atoms with E-state index in [4.69, 9.17) is 4.74 Å². The molecule has 10 nitrogen and oxygen atoms in total. The van der Waals surface area contributed by atoms with Crippen LogP contribution in [0.3, 0.4) is 0 Å². The highest BCUT2D eigenvalue weighted by molar-refractivity contribution is 7.89. The second-order valence-electron chi connectivity index (χ2n) is 7.40. The van der Waals surface area contributed by atoms with E-state index < -0.39 is 15.9 Å². The molecule has 0 radical (unpaired) electrons. The summed E-state index contributed by atoms with van der Waals surface area (Å²) in [4.78, 5) is 12.9. The lowest BCUT2D eigenvalue weighted by Crippen LogP contribution is -2.43. The molecule has 1 amide bonds. The van der Waals surface area contributed by atoms with Gasteiger partial charge in [-0.05, 0) is 78.7 Å². The van der Waals surface area contributed by atoms with E-state index in [0.717, 1.165) is 5.75 Å². The number of piperidine rings is 1. The van der Waals surface area contributed by atoms with Gasteiger partial charge in [-0.25, -0.2) is 13.1 Å². The molecular weight excluding hydrogens is 432 g/mol. The summed E-state index contributed by atoms with van der Waals surface area (Å²) in [5, 5.41) is 13.8. The molecule has 32 heavy (non-hydrogen) atoms. The fourth-order valence-corrected chi connectivity index (χ4v) is 5.14. The van der Waals surface area contributed by atoms with Gasteiger partial charge < -0.3 is 10.1 Å². The molecule has 1 aliphatic rings. The van der Waals surface area contributed by atoms with Crippen LogP contribution in [0.25, 0.3) is 5.69 Å². The van der Waals surface area contributed by atoms with Crippen molar-refractivity contribution >= 4 is 21.6 Å². The van der Waals surface area contributed by atoms with E-state index in [-0.39, 0.29) is 17.3 Å². The minimum atomic E-state index is -3.72. The van der Waals surface area contributed by atoms with Crippen LogP contribution in [0.5, 0.6) is 5.75 Å². The fourth-order valence-electron chi connectivity index (χ4n) is 3.62. The van der Waals surface area contributed by atoms with Crippen molar-refractivity contribution < 1.29 is 17.9 Å². The zero-order valence-electron chi connectivity index (χ0n) is 17.6. The molecule has 168 valence electrons. The standard InChI is InChI=1S/C21H24N6O4S/c1-2-31-19-9-5-17(6-10-19)23-21(28)16-4-3-13-26(14-16)32(29,30)20-11-7-18(8-12-20)27-15-22-24-25-27/h5-12,15-16H,2-4,13-14H2,1H3,(H,23,28)/t16-/m1/s1. The van der Waals surface area contributed by atoms with Crippen molar-refractivity contribution in [1.29, 1.82) is 0 Å². The third kappa shape index (κ3) is 4.78. The first kappa shape index (κ1) is 21.9. The number of benzene rings is 2. The molecule has 1 aromatic heterocycles. The summed E-state index contributed by atoms with van der Waals surface area (Å²) in [6.07, 6.45) is 2.68. The predicted octanol–water partition coefficient (Wildman–Crippen LogP) is 2.10. The highest BCUT2D eigenvalue weighted by Gasteiger charge is 2.33. The molecule has 1 N–H and O–H groups in total. The van der Waals surface area contributed by atoms with Gasteiger partial charge in [-0.1, -0.05) is 0 Å². The molecular formula is C21H24N6O4S. The van der Waals surface area contributed by atoms with Crippen LogP contribution in [-0.4, -0.2) is 58.5 Å². The fraction of sp³-hybridized carbons (Fsp3) is 0.333. The van der Waals surface area contributed by atoms with Crippen molar-refractivity contribution in [2.75, 3.05) is 25.0 Å². The normalized spacial score (nSPS) is 17.1. The van der Waals surface area contributed by atoms with Crippen molar-refractivity contribution in [1.82, 2.24) is 24.5 Å². The number of rotatable bonds is 7. The van der Waals surface area contributed by atoms with Gasteiger partial charge in [-0.3, -0.25) is 4.79 Å². The Hall–Kier alpha value is -3.31. The minimum absolute atomic E-state index is 0.139. The molecule has 0 saturated carbocycles. The summed E-state index contributed by atoms with van der Waals surface area (Å²) in [7, 11) is -3.72. The molecule has 4 rings (SSSR count). The third-order valence-corrected chi connectivity index (χ3v) is 7.16. The van der Waals surface area contributed by atoms with E-state index in [1.54, 1.807) is 36.4 Å². The van der Waals surface area contributed by atoms with Gasteiger partial charge in [0, 0.05) is 18.8 Å². The van der Waals surface area contributed by atoms with Crippen molar-refractivity contribution in [2.45, 2.75) is 24.7 Å². The molecule has 11 heteroatoms. The van der Waals surface area contributed by atoms with Crippen LogP contribution >= 0.6 is 0 Å². The molecule has 1 fully saturated rings. The Morgan fingerprint density at radius 2 is 1.91 bits per heavy atom. The molecule has 0 spiro atoms. The van der Waals surface area contributed by atoms with Crippen molar-refractivity contribution in [3.63, 3.8) is 0 Å². The van der Waals surface area contributed by atoms with Gasteiger partial charge in [-0.2, -0.15) is 4.31 Å². The summed E-state index contributed by atoms with van der Waals surface area (Å²) < 4.78 is 34.5. The maximum atomic E-state index is 13.1. The van der Waals surface area contributed by atoms with Crippen LogP contribution in [0.4, 0.5) is 5.69 Å². The number of tetrazole rings is 1. The lowest BCUT2D eigenvalue weighted by atomic mass is 9.99. The molecule has 1 atom stereocenters. The largest absolute Gasteiger partial charge is 0.494 e. The number of aromatic nitrogens is 4. The first-order valence-electron chi connectivity index (χ1n) is 10.3. The van der Waals surface area contributed by atoms with Gasteiger partial charge in [0.25, 0.3) is 0 Å². The second-order valence-corrected chi connectivity index (χ2v) is 9.34. The number of hydrogen-bond donors (Lipinski definition) is 1. The molecule has 2 heterocycles. The van der Waals surface area contributed by atoms with Crippen LogP contribution < -0.4 is 10.1 Å². The van der Waals surface area contributed by atoms with Gasteiger partial charge in [0.05, 0.1) is 23.1 Å². The SMILES string of the molecule is CCOc1ccc(NC(=O)[C@@H]2CCCN(S(=O)(=O)c3ccc(-n4cnnn4)cc3)C2)cc1. The van der Waals surface area contributed by atoms with Crippen molar-refractivity contribution in [2.24, 2.45) is 5.92 Å².